The van der Waals surface area contributed by atoms with Crippen LogP contribution in [0.25, 0.3) is 11.3 Å². The maximum absolute atomic E-state index is 13.2. The molecule has 1 N–H and O–H groups in total. The Morgan fingerprint density at radius 3 is 2.32 bits per heavy atom. The van der Waals surface area contributed by atoms with Crippen molar-refractivity contribution in [2.24, 2.45) is 0 Å². The minimum Gasteiger partial charge on any atom is -0.465 e. The second-order valence-corrected chi connectivity index (χ2v) is 7.22. The number of nitrogens with one attached hydrogen (secondary N) is 1. The number of carbonyl (C=O) groups excluding carboxylic acids is 3. The Labute approximate surface area is 178 Å². The van der Waals surface area contributed by atoms with Gasteiger partial charge in [0.2, 0.25) is 5.91 Å². The number of anilines is 1. The first-order valence-electron chi connectivity index (χ1n) is 9.63. The first-order chi connectivity index (χ1) is 15.0. The zero-order valence-electron chi connectivity index (χ0n) is 17.0. The first kappa shape index (κ1) is 20.3. The SMILES string of the molecule is COC(=O)c1ccc(C(=O)OC)c(NC(=O)C2(c3cc(-c4ccccc4)on3)CC2)c1. The largest absolute Gasteiger partial charge is 0.465 e. The van der Waals surface area contributed by atoms with Gasteiger partial charge in [0.25, 0.3) is 0 Å². The fraction of sp³-hybridized carbons (Fsp3) is 0.217. The third-order valence-corrected chi connectivity index (χ3v) is 5.34. The van der Waals surface area contributed by atoms with Gasteiger partial charge in [-0.25, -0.2) is 9.59 Å². The maximum atomic E-state index is 13.2. The van der Waals surface area contributed by atoms with Crippen LogP contribution in [0.1, 0.15) is 39.3 Å². The number of nitrogens with zero attached hydrogens (tertiary/aromatic N) is 1. The van der Waals surface area contributed by atoms with Gasteiger partial charge < -0.3 is 19.3 Å². The van der Waals surface area contributed by atoms with E-state index >= 15 is 0 Å². The minimum absolute atomic E-state index is 0.129. The third kappa shape index (κ3) is 3.79. The lowest BCUT2D eigenvalue weighted by molar-refractivity contribution is -0.118. The number of rotatable bonds is 6. The summed E-state index contributed by atoms with van der Waals surface area (Å²) in [5.74, 6) is -0.994. The normalized spacial score (nSPS) is 13.9. The van der Waals surface area contributed by atoms with E-state index in [4.69, 9.17) is 14.0 Å². The van der Waals surface area contributed by atoms with E-state index in [0.717, 1.165) is 5.56 Å². The van der Waals surface area contributed by atoms with Gasteiger partial charge in [0.15, 0.2) is 5.76 Å². The quantitative estimate of drug-likeness (QED) is 0.607. The average molecular weight is 420 g/mol. The number of hydrogen-bond donors (Lipinski definition) is 1. The van der Waals surface area contributed by atoms with Crippen molar-refractivity contribution in [1.82, 2.24) is 5.16 Å². The molecule has 1 heterocycles. The van der Waals surface area contributed by atoms with E-state index in [0.29, 0.717) is 24.3 Å². The topological polar surface area (TPSA) is 108 Å². The van der Waals surface area contributed by atoms with E-state index in [1.807, 2.05) is 30.3 Å². The molecule has 1 saturated carbocycles. The van der Waals surface area contributed by atoms with Crippen molar-refractivity contribution in [3.63, 3.8) is 0 Å². The summed E-state index contributed by atoms with van der Waals surface area (Å²) in [5, 5.41) is 6.89. The van der Waals surface area contributed by atoms with Gasteiger partial charge in [-0.05, 0) is 31.0 Å². The molecule has 1 aliphatic carbocycles. The van der Waals surface area contributed by atoms with Crippen LogP contribution >= 0.6 is 0 Å². The van der Waals surface area contributed by atoms with Gasteiger partial charge in [0, 0.05) is 11.6 Å². The second-order valence-electron chi connectivity index (χ2n) is 7.22. The molecule has 1 aliphatic rings. The van der Waals surface area contributed by atoms with Crippen LogP contribution in [-0.4, -0.2) is 37.2 Å². The Balaban J connectivity index is 1.63. The number of esters is 2. The summed E-state index contributed by atoms with van der Waals surface area (Å²) in [6, 6.07) is 15.5. The van der Waals surface area contributed by atoms with Crippen LogP contribution in [0.3, 0.4) is 0 Å². The number of methoxy groups -OCH3 is 2. The van der Waals surface area contributed by atoms with E-state index in [1.165, 1.54) is 32.4 Å². The lowest BCUT2D eigenvalue weighted by Crippen LogP contribution is -2.29. The highest BCUT2D eigenvalue weighted by molar-refractivity contribution is 6.07. The zero-order chi connectivity index (χ0) is 22.0. The van der Waals surface area contributed by atoms with Gasteiger partial charge in [-0.1, -0.05) is 35.5 Å². The summed E-state index contributed by atoms with van der Waals surface area (Å²) in [5.41, 5.74) is 1.01. The standard InChI is InChI=1S/C23H20N2O6/c1-29-20(26)15-8-9-16(21(27)30-2)17(12-15)24-22(28)23(10-11-23)19-13-18(31-25-19)14-6-4-3-5-7-14/h3-9,12-13H,10-11H2,1-2H3,(H,24,28). The molecule has 1 fully saturated rings. The van der Waals surface area contributed by atoms with Crippen LogP contribution in [0.15, 0.2) is 59.1 Å². The molecule has 0 bridgehead atoms. The van der Waals surface area contributed by atoms with E-state index in [2.05, 4.69) is 10.5 Å². The van der Waals surface area contributed by atoms with Crippen molar-refractivity contribution < 1.29 is 28.4 Å². The van der Waals surface area contributed by atoms with Gasteiger partial charge in [0.05, 0.1) is 42.1 Å². The Morgan fingerprint density at radius 1 is 0.968 bits per heavy atom. The molecule has 0 spiro atoms. The average Bonchev–Trinajstić information content (AvgIpc) is 3.48. The van der Waals surface area contributed by atoms with Crippen molar-refractivity contribution in [2.75, 3.05) is 19.5 Å². The highest BCUT2D eigenvalue weighted by Crippen LogP contribution is 2.49. The number of amides is 1. The number of hydrogen-bond acceptors (Lipinski definition) is 7. The summed E-state index contributed by atoms with van der Waals surface area (Å²) in [7, 11) is 2.49. The van der Waals surface area contributed by atoms with Gasteiger partial charge in [-0.15, -0.1) is 0 Å². The fourth-order valence-electron chi connectivity index (χ4n) is 3.39. The highest BCUT2D eigenvalue weighted by Gasteiger charge is 2.54. The molecule has 1 aromatic heterocycles. The Hall–Kier alpha value is -3.94. The van der Waals surface area contributed by atoms with Crippen LogP contribution in [-0.2, 0) is 19.7 Å². The number of carbonyl (C=O) groups is 3. The lowest BCUT2D eigenvalue weighted by atomic mass is 9.99. The van der Waals surface area contributed by atoms with Crippen molar-refractivity contribution >= 4 is 23.5 Å². The Morgan fingerprint density at radius 2 is 1.68 bits per heavy atom. The maximum Gasteiger partial charge on any atom is 0.339 e. The molecule has 8 heteroatoms. The number of aromatic nitrogens is 1. The molecule has 31 heavy (non-hydrogen) atoms. The third-order valence-electron chi connectivity index (χ3n) is 5.34. The van der Waals surface area contributed by atoms with Gasteiger partial charge >= 0.3 is 11.9 Å². The Kier molecular flexibility index (Phi) is 5.29. The molecule has 0 radical (unpaired) electrons. The molecule has 2 aromatic carbocycles. The van der Waals surface area contributed by atoms with Crippen LogP contribution < -0.4 is 5.32 Å². The van der Waals surface area contributed by atoms with Crippen molar-refractivity contribution in [3.8, 4) is 11.3 Å². The van der Waals surface area contributed by atoms with Gasteiger partial charge in [-0.3, -0.25) is 4.79 Å². The highest BCUT2D eigenvalue weighted by atomic mass is 16.5. The molecule has 3 aromatic rings. The summed E-state index contributed by atoms with van der Waals surface area (Å²) in [6.07, 6.45) is 1.17. The molecular weight excluding hydrogens is 400 g/mol. The van der Waals surface area contributed by atoms with E-state index < -0.39 is 17.4 Å². The molecule has 158 valence electrons. The van der Waals surface area contributed by atoms with E-state index in [-0.39, 0.29) is 22.7 Å². The van der Waals surface area contributed by atoms with Crippen molar-refractivity contribution in [3.05, 3.63) is 71.4 Å². The smallest absolute Gasteiger partial charge is 0.339 e. The van der Waals surface area contributed by atoms with Crippen LogP contribution in [0, 0.1) is 0 Å². The van der Waals surface area contributed by atoms with Gasteiger partial charge in [0.1, 0.15) is 0 Å². The summed E-state index contributed by atoms with van der Waals surface area (Å²) in [4.78, 5) is 37.2. The van der Waals surface area contributed by atoms with Gasteiger partial charge in [-0.2, -0.15) is 0 Å². The molecule has 0 aliphatic heterocycles. The summed E-state index contributed by atoms with van der Waals surface area (Å²) >= 11 is 0. The van der Waals surface area contributed by atoms with E-state index in [1.54, 1.807) is 6.07 Å². The van der Waals surface area contributed by atoms with Crippen LogP contribution in [0.5, 0.6) is 0 Å². The summed E-state index contributed by atoms with van der Waals surface area (Å²) < 4.78 is 15.0. The fourth-order valence-corrected chi connectivity index (χ4v) is 3.39. The number of benzene rings is 2. The van der Waals surface area contributed by atoms with Crippen molar-refractivity contribution in [1.29, 1.82) is 0 Å². The van der Waals surface area contributed by atoms with E-state index in [9.17, 15) is 14.4 Å². The number of ether oxygens (including phenoxy) is 2. The lowest BCUT2D eigenvalue weighted by Gasteiger charge is -2.15. The van der Waals surface area contributed by atoms with Crippen molar-refractivity contribution in [2.45, 2.75) is 18.3 Å². The van der Waals surface area contributed by atoms with Crippen LogP contribution in [0.4, 0.5) is 5.69 Å². The zero-order valence-corrected chi connectivity index (χ0v) is 17.0. The predicted octanol–water partition coefficient (Wildman–Crippen LogP) is 3.59. The Bertz CT molecular complexity index is 1150. The predicted molar refractivity (Wildman–Crippen MR) is 111 cm³/mol. The molecular formula is C23H20N2O6. The molecule has 8 nitrogen and oxygen atoms in total. The molecule has 0 saturated heterocycles. The molecule has 4 rings (SSSR count). The summed E-state index contributed by atoms with van der Waals surface area (Å²) in [6.45, 7) is 0. The van der Waals surface area contributed by atoms with Crippen LogP contribution in [0.2, 0.25) is 0 Å². The molecule has 0 unspecified atom stereocenters. The molecule has 0 atom stereocenters. The monoisotopic (exact) mass is 420 g/mol. The minimum atomic E-state index is -0.856. The second kappa shape index (κ2) is 8.06. The first-order valence-corrected chi connectivity index (χ1v) is 9.63. The molecule has 1 amide bonds.